The summed E-state index contributed by atoms with van der Waals surface area (Å²) in [5.41, 5.74) is 4.57. The van der Waals surface area contributed by atoms with Gasteiger partial charge in [-0.1, -0.05) is 6.92 Å². The average molecular weight is 305 g/mol. The number of imidazole rings is 1. The molecule has 1 heterocycles. The molecule has 0 aliphatic rings. The van der Waals surface area contributed by atoms with Crippen molar-refractivity contribution in [3.63, 3.8) is 0 Å². The molecule has 0 saturated carbocycles. The van der Waals surface area contributed by atoms with Gasteiger partial charge in [0.1, 0.15) is 5.82 Å². The smallest absolute Gasteiger partial charge is 0.200 e. The van der Waals surface area contributed by atoms with E-state index >= 15 is 0 Å². The van der Waals surface area contributed by atoms with Crippen LogP contribution in [0.2, 0.25) is 0 Å². The van der Waals surface area contributed by atoms with E-state index in [4.69, 9.17) is 5.73 Å². The summed E-state index contributed by atoms with van der Waals surface area (Å²) in [6.07, 6.45) is 3.55. The van der Waals surface area contributed by atoms with Crippen molar-refractivity contribution >= 4 is 0 Å². The van der Waals surface area contributed by atoms with Crippen molar-refractivity contribution in [1.29, 1.82) is 0 Å². The number of halogens is 5. The van der Waals surface area contributed by atoms with Crippen LogP contribution >= 0.6 is 0 Å². The Balaban J connectivity index is 2.58. The highest BCUT2D eigenvalue weighted by Gasteiger charge is 2.31. The summed E-state index contributed by atoms with van der Waals surface area (Å²) in [5, 5.41) is 0. The Hall–Kier alpha value is -1.96. The molecule has 1 atom stereocenters. The fourth-order valence-electron chi connectivity index (χ4n) is 2.05. The minimum atomic E-state index is -2.21. The number of nitrogens with zero attached hydrogens (tertiary/aromatic N) is 2. The maximum atomic E-state index is 13.7. The van der Waals surface area contributed by atoms with Gasteiger partial charge in [0.15, 0.2) is 23.3 Å². The maximum absolute atomic E-state index is 13.7. The first-order chi connectivity index (χ1) is 9.90. The highest BCUT2D eigenvalue weighted by molar-refractivity contribution is 5.30. The van der Waals surface area contributed by atoms with Crippen LogP contribution in [0.4, 0.5) is 22.0 Å². The van der Waals surface area contributed by atoms with Gasteiger partial charge in [0.25, 0.3) is 0 Å². The Morgan fingerprint density at radius 2 is 1.57 bits per heavy atom. The van der Waals surface area contributed by atoms with E-state index in [1.54, 1.807) is 0 Å². The van der Waals surface area contributed by atoms with Crippen LogP contribution in [0.1, 0.15) is 30.8 Å². The molecule has 1 aromatic heterocycles. The molecule has 0 aliphatic carbocycles. The first-order valence-electron chi connectivity index (χ1n) is 6.18. The van der Waals surface area contributed by atoms with E-state index in [0.29, 0.717) is 13.0 Å². The van der Waals surface area contributed by atoms with Crippen molar-refractivity contribution in [3.05, 3.63) is 52.9 Å². The van der Waals surface area contributed by atoms with Gasteiger partial charge < -0.3 is 10.3 Å². The third-order valence-corrected chi connectivity index (χ3v) is 3.05. The summed E-state index contributed by atoms with van der Waals surface area (Å²) in [4.78, 5) is 3.84. The van der Waals surface area contributed by atoms with Crippen LogP contribution in [0, 0.1) is 29.1 Å². The maximum Gasteiger partial charge on any atom is 0.200 e. The summed E-state index contributed by atoms with van der Waals surface area (Å²) in [7, 11) is 0. The first-order valence-corrected chi connectivity index (χ1v) is 6.18. The predicted molar refractivity (Wildman–Crippen MR) is 64.8 cm³/mol. The SMILES string of the molecule is CCCn1ccnc1C(N)c1c(F)c(F)c(F)c(F)c1F. The van der Waals surface area contributed by atoms with Gasteiger partial charge in [-0.2, -0.15) is 0 Å². The monoisotopic (exact) mass is 305 g/mol. The molecule has 1 unspecified atom stereocenters. The Morgan fingerprint density at radius 1 is 1.05 bits per heavy atom. The summed E-state index contributed by atoms with van der Waals surface area (Å²) < 4.78 is 68.4. The van der Waals surface area contributed by atoms with Crippen molar-refractivity contribution in [1.82, 2.24) is 9.55 Å². The van der Waals surface area contributed by atoms with E-state index in [1.807, 2.05) is 6.92 Å². The number of nitrogens with two attached hydrogens (primary N) is 1. The summed E-state index contributed by atoms with van der Waals surface area (Å²) >= 11 is 0. The molecule has 8 heteroatoms. The van der Waals surface area contributed by atoms with Gasteiger partial charge in [0.05, 0.1) is 11.6 Å². The quantitative estimate of drug-likeness (QED) is 0.536. The molecule has 21 heavy (non-hydrogen) atoms. The minimum Gasteiger partial charge on any atom is -0.333 e. The van der Waals surface area contributed by atoms with Crippen LogP contribution in [0.5, 0.6) is 0 Å². The fourth-order valence-corrected chi connectivity index (χ4v) is 2.05. The van der Waals surface area contributed by atoms with Crippen molar-refractivity contribution < 1.29 is 22.0 Å². The number of hydrogen-bond acceptors (Lipinski definition) is 2. The van der Waals surface area contributed by atoms with E-state index in [1.165, 1.54) is 17.0 Å². The van der Waals surface area contributed by atoms with Gasteiger partial charge >= 0.3 is 0 Å². The van der Waals surface area contributed by atoms with Gasteiger partial charge in [-0.05, 0) is 6.42 Å². The Bertz CT molecular complexity index is 639. The van der Waals surface area contributed by atoms with Crippen LogP contribution in [-0.4, -0.2) is 9.55 Å². The molecule has 0 saturated heterocycles. The third kappa shape index (κ3) is 2.51. The Kier molecular flexibility index (Phi) is 4.26. The second kappa shape index (κ2) is 5.80. The van der Waals surface area contributed by atoms with Crippen molar-refractivity contribution in [3.8, 4) is 0 Å². The molecule has 0 aliphatic heterocycles. The largest absolute Gasteiger partial charge is 0.333 e. The van der Waals surface area contributed by atoms with E-state index in [-0.39, 0.29) is 5.82 Å². The first kappa shape index (κ1) is 15.4. The fraction of sp³-hybridized carbons (Fsp3) is 0.308. The number of benzene rings is 1. The van der Waals surface area contributed by atoms with Crippen LogP contribution in [-0.2, 0) is 6.54 Å². The Morgan fingerprint density at radius 3 is 2.10 bits per heavy atom. The molecule has 0 amide bonds. The van der Waals surface area contributed by atoms with Crippen LogP contribution in [0.3, 0.4) is 0 Å². The van der Waals surface area contributed by atoms with Crippen LogP contribution in [0.25, 0.3) is 0 Å². The van der Waals surface area contributed by atoms with Gasteiger partial charge in [0, 0.05) is 18.9 Å². The molecule has 2 aromatic rings. The highest BCUT2D eigenvalue weighted by atomic mass is 19.2. The van der Waals surface area contributed by atoms with Crippen LogP contribution in [0.15, 0.2) is 12.4 Å². The molecule has 2 rings (SSSR count). The lowest BCUT2D eigenvalue weighted by Crippen LogP contribution is -2.22. The molecule has 0 radical (unpaired) electrons. The molecule has 0 bridgehead atoms. The zero-order valence-corrected chi connectivity index (χ0v) is 11.0. The zero-order valence-electron chi connectivity index (χ0n) is 11.0. The van der Waals surface area contributed by atoms with E-state index in [2.05, 4.69) is 4.98 Å². The summed E-state index contributed by atoms with van der Waals surface area (Å²) in [5.74, 6) is -10.1. The average Bonchev–Trinajstić information content (AvgIpc) is 2.92. The van der Waals surface area contributed by atoms with E-state index in [9.17, 15) is 22.0 Å². The lowest BCUT2D eigenvalue weighted by Gasteiger charge is -2.16. The number of aromatic nitrogens is 2. The lowest BCUT2D eigenvalue weighted by atomic mass is 10.0. The molecule has 3 nitrogen and oxygen atoms in total. The van der Waals surface area contributed by atoms with E-state index < -0.39 is 40.7 Å². The highest BCUT2D eigenvalue weighted by Crippen LogP contribution is 2.29. The van der Waals surface area contributed by atoms with Gasteiger partial charge in [-0.15, -0.1) is 0 Å². The van der Waals surface area contributed by atoms with Gasteiger partial charge in [0.2, 0.25) is 5.82 Å². The standard InChI is InChI=1S/C13H12F5N3/c1-2-4-21-5-3-20-13(21)12(19)6-7(14)9(16)11(18)10(17)8(6)15/h3,5,12H,2,4,19H2,1H3. The molecule has 114 valence electrons. The molecular formula is C13H12F5N3. The van der Waals surface area contributed by atoms with Gasteiger partial charge in [-0.3, -0.25) is 0 Å². The van der Waals surface area contributed by atoms with Crippen molar-refractivity contribution in [2.75, 3.05) is 0 Å². The lowest BCUT2D eigenvalue weighted by molar-refractivity contribution is 0.365. The van der Waals surface area contributed by atoms with Crippen molar-refractivity contribution in [2.45, 2.75) is 25.9 Å². The molecule has 2 N–H and O–H groups in total. The predicted octanol–water partition coefficient (Wildman–Crippen LogP) is 3.04. The third-order valence-electron chi connectivity index (χ3n) is 3.05. The zero-order chi connectivity index (χ0) is 15.7. The number of hydrogen-bond donors (Lipinski definition) is 1. The normalized spacial score (nSPS) is 12.7. The second-order valence-electron chi connectivity index (χ2n) is 4.44. The second-order valence-corrected chi connectivity index (χ2v) is 4.44. The number of rotatable bonds is 4. The van der Waals surface area contributed by atoms with Crippen molar-refractivity contribution in [2.24, 2.45) is 5.73 Å². The minimum absolute atomic E-state index is 0.0278. The van der Waals surface area contributed by atoms with E-state index in [0.717, 1.165) is 0 Å². The topological polar surface area (TPSA) is 43.8 Å². The number of aryl methyl sites for hydroxylation is 1. The molecule has 0 fully saturated rings. The molecule has 1 aromatic carbocycles. The summed E-state index contributed by atoms with van der Waals surface area (Å²) in [6, 6.07) is -1.56. The van der Waals surface area contributed by atoms with Gasteiger partial charge in [-0.25, -0.2) is 26.9 Å². The molecule has 0 spiro atoms. The summed E-state index contributed by atoms with van der Waals surface area (Å²) in [6.45, 7) is 2.31. The molecular weight excluding hydrogens is 293 g/mol. The van der Waals surface area contributed by atoms with Crippen LogP contribution < -0.4 is 5.73 Å². The Labute approximate surface area is 117 Å².